The van der Waals surface area contributed by atoms with Gasteiger partial charge >= 0.3 is 5.97 Å². The molecule has 20 heavy (non-hydrogen) atoms. The number of ether oxygens (including phenoxy) is 1. The van der Waals surface area contributed by atoms with Crippen LogP contribution >= 0.6 is 0 Å². The SMILES string of the molecule is CCNC(CN(CC)c1ccc(F)cc1)C(=O)OCC. The van der Waals surface area contributed by atoms with E-state index < -0.39 is 0 Å². The number of nitrogens with zero attached hydrogens (tertiary/aromatic N) is 1. The summed E-state index contributed by atoms with van der Waals surface area (Å²) < 4.78 is 18.0. The van der Waals surface area contributed by atoms with Crippen molar-refractivity contribution in [1.82, 2.24) is 5.32 Å². The Bertz CT molecular complexity index is 409. The van der Waals surface area contributed by atoms with E-state index in [-0.39, 0.29) is 17.8 Å². The lowest BCUT2D eigenvalue weighted by Crippen LogP contribution is -2.47. The van der Waals surface area contributed by atoms with E-state index in [1.807, 2.05) is 18.7 Å². The average molecular weight is 282 g/mol. The average Bonchev–Trinajstić information content (AvgIpc) is 2.45. The molecule has 112 valence electrons. The van der Waals surface area contributed by atoms with Crippen LogP contribution in [0.2, 0.25) is 0 Å². The van der Waals surface area contributed by atoms with Crippen LogP contribution in [0.1, 0.15) is 20.8 Å². The Kier molecular flexibility index (Phi) is 7.01. The van der Waals surface area contributed by atoms with Crippen molar-refractivity contribution in [2.24, 2.45) is 0 Å². The van der Waals surface area contributed by atoms with Gasteiger partial charge in [-0.1, -0.05) is 6.92 Å². The molecule has 0 aliphatic carbocycles. The molecule has 0 aromatic heterocycles. The number of carbonyl (C=O) groups is 1. The molecule has 0 radical (unpaired) electrons. The maximum Gasteiger partial charge on any atom is 0.324 e. The Morgan fingerprint density at radius 1 is 1.30 bits per heavy atom. The largest absolute Gasteiger partial charge is 0.465 e. The Morgan fingerprint density at radius 3 is 2.45 bits per heavy atom. The highest BCUT2D eigenvalue weighted by molar-refractivity contribution is 5.76. The number of nitrogens with one attached hydrogen (secondary N) is 1. The van der Waals surface area contributed by atoms with E-state index in [1.54, 1.807) is 19.1 Å². The second-order valence-electron chi connectivity index (χ2n) is 4.38. The predicted octanol–water partition coefficient (Wildman–Crippen LogP) is 2.19. The normalized spacial score (nSPS) is 12.0. The molecule has 0 fully saturated rings. The number of rotatable bonds is 8. The fraction of sp³-hybridized carbons (Fsp3) is 0.533. The van der Waals surface area contributed by atoms with E-state index in [0.717, 1.165) is 12.2 Å². The van der Waals surface area contributed by atoms with Gasteiger partial charge in [0.25, 0.3) is 0 Å². The van der Waals surface area contributed by atoms with E-state index >= 15 is 0 Å². The molecule has 0 saturated carbocycles. The van der Waals surface area contributed by atoms with E-state index in [0.29, 0.717) is 19.7 Å². The Morgan fingerprint density at radius 2 is 1.95 bits per heavy atom. The lowest BCUT2D eigenvalue weighted by molar-refractivity contribution is -0.145. The molecule has 1 atom stereocenters. The molecule has 1 unspecified atom stereocenters. The topological polar surface area (TPSA) is 41.6 Å². The summed E-state index contributed by atoms with van der Waals surface area (Å²) in [6.45, 7) is 8.01. The smallest absolute Gasteiger partial charge is 0.324 e. The predicted molar refractivity (Wildman–Crippen MR) is 78.4 cm³/mol. The zero-order valence-electron chi connectivity index (χ0n) is 12.4. The Labute approximate surface area is 119 Å². The van der Waals surface area contributed by atoms with Crippen LogP contribution < -0.4 is 10.2 Å². The quantitative estimate of drug-likeness (QED) is 0.742. The van der Waals surface area contributed by atoms with Crippen molar-refractivity contribution in [2.45, 2.75) is 26.8 Å². The summed E-state index contributed by atoms with van der Waals surface area (Å²) in [6, 6.07) is 5.89. The van der Waals surface area contributed by atoms with Gasteiger partial charge in [-0.2, -0.15) is 0 Å². The number of esters is 1. The number of likely N-dealkylation sites (N-methyl/N-ethyl adjacent to an activating group) is 2. The van der Waals surface area contributed by atoms with Crippen molar-refractivity contribution in [3.05, 3.63) is 30.1 Å². The lowest BCUT2D eigenvalue weighted by atomic mass is 10.2. The van der Waals surface area contributed by atoms with Gasteiger partial charge in [-0.15, -0.1) is 0 Å². The first kappa shape index (κ1) is 16.4. The van der Waals surface area contributed by atoms with E-state index in [2.05, 4.69) is 5.32 Å². The van der Waals surface area contributed by atoms with Crippen LogP contribution in [0.5, 0.6) is 0 Å². The lowest BCUT2D eigenvalue weighted by Gasteiger charge is -2.27. The van der Waals surface area contributed by atoms with Crippen molar-refractivity contribution < 1.29 is 13.9 Å². The second kappa shape index (κ2) is 8.53. The van der Waals surface area contributed by atoms with Gasteiger partial charge in [0.15, 0.2) is 0 Å². The Balaban J connectivity index is 2.77. The molecule has 4 nitrogen and oxygen atoms in total. The summed E-state index contributed by atoms with van der Waals surface area (Å²) in [5.74, 6) is -0.520. The monoisotopic (exact) mass is 282 g/mol. The minimum Gasteiger partial charge on any atom is -0.465 e. The van der Waals surface area contributed by atoms with Crippen LogP contribution in [-0.2, 0) is 9.53 Å². The van der Waals surface area contributed by atoms with E-state index in [4.69, 9.17) is 4.74 Å². The third-order valence-corrected chi connectivity index (χ3v) is 3.00. The highest BCUT2D eigenvalue weighted by Gasteiger charge is 2.21. The van der Waals surface area contributed by atoms with Gasteiger partial charge in [-0.3, -0.25) is 4.79 Å². The summed E-state index contributed by atoms with van der Waals surface area (Å²) in [5.41, 5.74) is 0.890. The van der Waals surface area contributed by atoms with Gasteiger partial charge < -0.3 is 15.0 Å². The molecule has 0 aliphatic heterocycles. The molecule has 5 heteroatoms. The molecule has 1 aromatic carbocycles. The molecule has 1 aromatic rings. The molecule has 1 rings (SSSR count). The Hall–Kier alpha value is -1.62. The zero-order valence-corrected chi connectivity index (χ0v) is 12.4. The number of anilines is 1. The number of hydrogen-bond donors (Lipinski definition) is 1. The van der Waals surface area contributed by atoms with Crippen LogP contribution in [-0.4, -0.2) is 38.3 Å². The van der Waals surface area contributed by atoms with Crippen molar-refractivity contribution in [3.63, 3.8) is 0 Å². The first-order valence-corrected chi connectivity index (χ1v) is 7.02. The standard InChI is InChI=1S/C15H23FN2O2/c1-4-17-14(15(19)20-6-3)11-18(5-2)13-9-7-12(16)8-10-13/h7-10,14,17H,4-6,11H2,1-3H3. The van der Waals surface area contributed by atoms with Gasteiger partial charge in [0, 0.05) is 18.8 Å². The third kappa shape index (κ3) is 4.81. The first-order valence-electron chi connectivity index (χ1n) is 7.02. The van der Waals surface area contributed by atoms with Crippen molar-refractivity contribution >= 4 is 11.7 Å². The number of carbonyl (C=O) groups excluding carboxylic acids is 1. The van der Waals surface area contributed by atoms with Gasteiger partial charge in [0.1, 0.15) is 11.9 Å². The van der Waals surface area contributed by atoms with Crippen molar-refractivity contribution in [3.8, 4) is 0 Å². The number of hydrogen-bond acceptors (Lipinski definition) is 4. The van der Waals surface area contributed by atoms with Crippen LogP contribution in [0.15, 0.2) is 24.3 Å². The molecular weight excluding hydrogens is 259 g/mol. The van der Waals surface area contributed by atoms with Crippen LogP contribution in [0.3, 0.4) is 0 Å². The minimum absolute atomic E-state index is 0.255. The molecule has 0 heterocycles. The number of benzene rings is 1. The highest BCUT2D eigenvalue weighted by atomic mass is 19.1. The molecular formula is C15H23FN2O2. The minimum atomic E-state index is -0.384. The first-order chi connectivity index (χ1) is 9.62. The second-order valence-corrected chi connectivity index (χ2v) is 4.38. The fourth-order valence-electron chi connectivity index (χ4n) is 2.00. The molecule has 0 amide bonds. The molecule has 0 bridgehead atoms. The van der Waals surface area contributed by atoms with Crippen molar-refractivity contribution in [2.75, 3.05) is 31.1 Å². The fourth-order valence-corrected chi connectivity index (χ4v) is 2.00. The summed E-state index contributed by atoms with van der Waals surface area (Å²) in [5, 5.41) is 3.12. The van der Waals surface area contributed by atoms with Gasteiger partial charge in [-0.05, 0) is 44.7 Å². The molecule has 0 aliphatic rings. The maximum absolute atomic E-state index is 13.0. The highest BCUT2D eigenvalue weighted by Crippen LogP contribution is 2.15. The zero-order chi connectivity index (χ0) is 15.0. The molecule has 0 saturated heterocycles. The summed E-state index contributed by atoms with van der Waals surface area (Å²) >= 11 is 0. The maximum atomic E-state index is 13.0. The van der Waals surface area contributed by atoms with Crippen LogP contribution in [0, 0.1) is 5.82 Å². The van der Waals surface area contributed by atoms with Gasteiger partial charge in [0.2, 0.25) is 0 Å². The van der Waals surface area contributed by atoms with E-state index in [9.17, 15) is 9.18 Å². The number of halogens is 1. The van der Waals surface area contributed by atoms with E-state index in [1.165, 1.54) is 12.1 Å². The third-order valence-electron chi connectivity index (χ3n) is 3.00. The van der Waals surface area contributed by atoms with Crippen LogP contribution in [0.4, 0.5) is 10.1 Å². The summed E-state index contributed by atoms with van der Waals surface area (Å²) in [4.78, 5) is 13.9. The van der Waals surface area contributed by atoms with Crippen molar-refractivity contribution in [1.29, 1.82) is 0 Å². The summed E-state index contributed by atoms with van der Waals surface area (Å²) in [6.07, 6.45) is 0. The van der Waals surface area contributed by atoms with Gasteiger partial charge in [0.05, 0.1) is 6.61 Å². The summed E-state index contributed by atoms with van der Waals surface area (Å²) in [7, 11) is 0. The molecule has 0 spiro atoms. The molecule has 1 N–H and O–H groups in total. The van der Waals surface area contributed by atoms with Gasteiger partial charge in [-0.25, -0.2) is 4.39 Å². The van der Waals surface area contributed by atoms with Crippen LogP contribution in [0.25, 0.3) is 0 Å².